The van der Waals surface area contributed by atoms with Gasteiger partial charge in [0, 0.05) is 12.5 Å². The maximum Gasteiger partial charge on any atom is 0.341 e. The molecule has 0 aliphatic carbocycles. The number of hydrogen-bond acceptors (Lipinski definition) is 4. The van der Waals surface area contributed by atoms with Crippen LogP contribution >= 0.6 is 33.2 Å². The zero-order valence-corrected chi connectivity index (χ0v) is 14.3. The lowest BCUT2D eigenvalue weighted by Crippen LogP contribution is -2.09. The van der Waals surface area contributed by atoms with Crippen molar-refractivity contribution >= 4 is 50.9 Å². The zero-order chi connectivity index (χ0) is 15.9. The van der Waals surface area contributed by atoms with E-state index < -0.39 is 16.9 Å². The molecule has 0 aliphatic heterocycles. The molecule has 1 aromatic rings. The van der Waals surface area contributed by atoms with Gasteiger partial charge in [0.1, 0.15) is 6.61 Å². The number of para-hydroxylation sites is 1. The fraction of sp³-hybridized carbons (Fsp3) is 0.417. The molecule has 1 aromatic carbocycles. The molecule has 21 heavy (non-hydrogen) atoms. The number of rotatable bonds is 8. The highest BCUT2D eigenvalue weighted by molar-refractivity contribution is 7.64. The molecule has 0 fully saturated rings. The Morgan fingerprint density at radius 3 is 2.52 bits per heavy atom. The molecule has 0 aromatic heterocycles. The van der Waals surface area contributed by atoms with E-state index in [4.69, 9.17) is 38.0 Å². The highest BCUT2D eigenvalue weighted by atomic mass is 35.8. The molecule has 116 valence electrons. The van der Waals surface area contributed by atoms with Crippen molar-refractivity contribution in [1.29, 1.82) is 0 Å². The van der Waals surface area contributed by atoms with Crippen LogP contribution in [0.2, 0.25) is 6.04 Å². The van der Waals surface area contributed by atoms with Crippen molar-refractivity contribution in [2.75, 3.05) is 0 Å². The van der Waals surface area contributed by atoms with Crippen molar-refractivity contribution in [3.63, 3.8) is 0 Å². The van der Waals surface area contributed by atoms with Crippen molar-refractivity contribution in [2.45, 2.75) is 31.9 Å². The van der Waals surface area contributed by atoms with E-state index in [1.807, 2.05) is 0 Å². The average molecular weight is 371 g/mol. The van der Waals surface area contributed by atoms with Crippen LogP contribution in [0.4, 0.5) is 5.69 Å². The number of hydrogen-bond donors (Lipinski definition) is 0. The van der Waals surface area contributed by atoms with Gasteiger partial charge in [0.05, 0.1) is 10.5 Å². The summed E-state index contributed by atoms with van der Waals surface area (Å²) in [6.07, 6.45) is 1.41. The SMILES string of the molecule is O=C(CCCC[Si](Cl)(Cl)Cl)OCc1ccccc1[N+](=O)[O-]. The molecule has 0 spiro atoms. The Labute approximate surface area is 137 Å². The molecular formula is C12H14Cl3NO4Si. The van der Waals surface area contributed by atoms with E-state index in [0.717, 1.165) is 0 Å². The van der Waals surface area contributed by atoms with Gasteiger partial charge in [-0.2, -0.15) is 0 Å². The monoisotopic (exact) mass is 369 g/mol. The second-order valence-corrected chi connectivity index (χ2v) is 13.6. The first-order valence-corrected chi connectivity index (χ1v) is 11.5. The molecule has 0 heterocycles. The largest absolute Gasteiger partial charge is 0.461 e. The van der Waals surface area contributed by atoms with Crippen LogP contribution in [-0.4, -0.2) is 16.9 Å². The summed E-state index contributed by atoms with van der Waals surface area (Å²) in [5, 5.41) is 10.8. The van der Waals surface area contributed by atoms with Gasteiger partial charge in [-0.25, -0.2) is 0 Å². The maximum atomic E-state index is 11.5. The van der Waals surface area contributed by atoms with Crippen molar-refractivity contribution in [2.24, 2.45) is 0 Å². The minimum Gasteiger partial charge on any atom is -0.461 e. The number of nitrogens with zero attached hydrogens (tertiary/aromatic N) is 1. The Balaban J connectivity index is 2.35. The highest BCUT2D eigenvalue weighted by Crippen LogP contribution is 2.27. The van der Waals surface area contributed by atoms with Gasteiger partial charge in [-0.15, -0.1) is 33.2 Å². The van der Waals surface area contributed by atoms with Gasteiger partial charge in [-0.05, 0) is 18.5 Å². The molecule has 0 amide bonds. The molecule has 0 atom stereocenters. The first kappa shape index (κ1) is 18.2. The molecule has 0 N–H and O–H groups in total. The summed E-state index contributed by atoms with van der Waals surface area (Å²) in [5.41, 5.74) is 0.303. The van der Waals surface area contributed by atoms with E-state index in [9.17, 15) is 14.9 Å². The lowest BCUT2D eigenvalue weighted by Gasteiger charge is -2.07. The lowest BCUT2D eigenvalue weighted by atomic mass is 10.2. The van der Waals surface area contributed by atoms with Crippen LogP contribution in [-0.2, 0) is 16.1 Å². The minimum atomic E-state index is -2.63. The van der Waals surface area contributed by atoms with E-state index in [0.29, 0.717) is 24.4 Å². The molecule has 0 aliphatic rings. The van der Waals surface area contributed by atoms with Gasteiger partial charge in [0.15, 0.2) is 0 Å². The summed E-state index contributed by atoms with van der Waals surface area (Å²) < 4.78 is 5.02. The number of nitro groups is 1. The number of nitro benzene ring substituents is 1. The number of unbranched alkanes of at least 4 members (excludes halogenated alkanes) is 1. The van der Waals surface area contributed by atoms with Crippen molar-refractivity contribution in [3.8, 4) is 0 Å². The quantitative estimate of drug-likeness (QED) is 0.169. The number of carbonyl (C=O) groups is 1. The van der Waals surface area contributed by atoms with E-state index in [-0.39, 0.29) is 18.7 Å². The van der Waals surface area contributed by atoms with Crippen LogP contribution in [0.1, 0.15) is 24.8 Å². The summed E-state index contributed by atoms with van der Waals surface area (Å²) in [6, 6.07) is 4.00. The van der Waals surface area contributed by atoms with E-state index in [1.165, 1.54) is 6.07 Å². The van der Waals surface area contributed by atoms with Crippen LogP contribution in [0.5, 0.6) is 0 Å². The van der Waals surface area contributed by atoms with Gasteiger partial charge in [-0.3, -0.25) is 14.9 Å². The molecule has 0 bridgehead atoms. The normalized spacial score (nSPS) is 11.2. The molecular weight excluding hydrogens is 357 g/mol. The summed E-state index contributed by atoms with van der Waals surface area (Å²) in [7, 11) is 0. The molecule has 0 radical (unpaired) electrons. The molecule has 0 unspecified atom stereocenters. The molecule has 9 heteroatoms. The van der Waals surface area contributed by atoms with Crippen LogP contribution in [0.15, 0.2) is 24.3 Å². The third-order valence-corrected chi connectivity index (χ3v) is 5.29. The van der Waals surface area contributed by atoms with Gasteiger partial charge < -0.3 is 4.74 Å². The number of esters is 1. The first-order valence-electron chi connectivity index (χ1n) is 6.24. The fourth-order valence-electron chi connectivity index (χ4n) is 1.64. The summed E-state index contributed by atoms with van der Waals surface area (Å²) in [6.45, 7) is -0.116. The van der Waals surface area contributed by atoms with Crippen molar-refractivity contribution in [3.05, 3.63) is 39.9 Å². The standard InChI is InChI=1S/C12H14Cl3NO4Si/c13-21(14,15)8-4-3-7-12(17)20-9-10-5-1-2-6-11(10)16(18)19/h1-2,5-6H,3-4,7-9H2. The molecule has 0 saturated heterocycles. The van der Waals surface area contributed by atoms with Crippen LogP contribution in [0, 0.1) is 10.1 Å². The predicted octanol–water partition coefficient (Wildman–Crippen LogP) is 4.46. The fourth-order valence-corrected chi connectivity index (χ4v) is 3.49. The Kier molecular flexibility index (Phi) is 7.45. The van der Waals surface area contributed by atoms with Crippen molar-refractivity contribution in [1.82, 2.24) is 0 Å². The minimum absolute atomic E-state index is 0.0625. The third kappa shape index (κ3) is 7.66. The molecule has 0 saturated carbocycles. The topological polar surface area (TPSA) is 69.4 Å². The lowest BCUT2D eigenvalue weighted by molar-refractivity contribution is -0.385. The molecule has 1 rings (SSSR count). The Hall–Kier alpha value is -0.823. The second kappa shape index (κ2) is 8.58. The summed E-state index contributed by atoms with van der Waals surface area (Å²) in [5.74, 6) is -0.417. The average Bonchev–Trinajstić information content (AvgIpc) is 2.40. The van der Waals surface area contributed by atoms with E-state index >= 15 is 0 Å². The Bertz CT molecular complexity index is 508. The number of benzene rings is 1. The summed E-state index contributed by atoms with van der Waals surface area (Å²) >= 11 is 17.2. The van der Waals surface area contributed by atoms with Gasteiger partial charge >= 0.3 is 12.0 Å². The van der Waals surface area contributed by atoms with Crippen LogP contribution < -0.4 is 0 Å². The van der Waals surface area contributed by atoms with Gasteiger partial charge in [-0.1, -0.05) is 18.6 Å². The maximum absolute atomic E-state index is 11.5. The first-order chi connectivity index (χ1) is 9.79. The number of halogens is 3. The Morgan fingerprint density at radius 2 is 1.90 bits per heavy atom. The van der Waals surface area contributed by atoms with Crippen molar-refractivity contribution < 1.29 is 14.5 Å². The van der Waals surface area contributed by atoms with Gasteiger partial charge in [0.25, 0.3) is 5.69 Å². The zero-order valence-electron chi connectivity index (χ0n) is 11.1. The Morgan fingerprint density at radius 1 is 1.24 bits per heavy atom. The van der Waals surface area contributed by atoms with E-state index in [2.05, 4.69) is 0 Å². The van der Waals surface area contributed by atoms with Crippen LogP contribution in [0.25, 0.3) is 0 Å². The highest BCUT2D eigenvalue weighted by Gasteiger charge is 2.23. The number of ether oxygens (including phenoxy) is 1. The third-order valence-electron chi connectivity index (χ3n) is 2.67. The molecule has 5 nitrogen and oxygen atoms in total. The smallest absolute Gasteiger partial charge is 0.341 e. The summed E-state index contributed by atoms with van der Waals surface area (Å²) in [4.78, 5) is 21.8. The number of carbonyl (C=O) groups excluding carboxylic acids is 1. The van der Waals surface area contributed by atoms with Crippen LogP contribution in [0.3, 0.4) is 0 Å². The van der Waals surface area contributed by atoms with Gasteiger partial charge in [0.2, 0.25) is 0 Å². The predicted molar refractivity (Wildman–Crippen MR) is 84.9 cm³/mol. The second-order valence-electron chi connectivity index (χ2n) is 4.37. The van der Waals surface area contributed by atoms with E-state index in [1.54, 1.807) is 18.2 Å².